The molecule has 0 unspecified atom stereocenters. The third-order valence-corrected chi connectivity index (χ3v) is 4.75. The number of carbonyl (C=O) groups excluding carboxylic acids is 1. The average molecular weight is 380 g/mol. The monoisotopic (exact) mass is 380 g/mol. The topological polar surface area (TPSA) is 115 Å². The summed E-state index contributed by atoms with van der Waals surface area (Å²) in [5, 5.41) is 11.4. The number of carbonyl (C=O) groups is 1. The van der Waals surface area contributed by atoms with E-state index in [1.165, 1.54) is 18.7 Å². The molecule has 1 aliphatic heterocycles. The van der Waals surface area contributed by atoms with E-state index in [2.05, 4.69) is 25.1 Å². The number of amides is 1. The zero-order valence-corrected chi connectivity index (χ0v) is 15.2. The predicted octanol–water partition coefficient (Wildman–Crippen LogP) is 1.16. The standard InChI is InChI=1S/C19H20N6O3/c26-16-9-11-24(19(28)21-16)12-17(27)20-14-7-5-13(6-8-14)18-23-22-15-4-2-1-3-10-25(15)18/h5-9,11H,1-4,10,12H2,(H,20,27)(H,21,26,28). The summed E-state index contributed by atoms with van der Waals surface area (Å²) in [6, 6.07) is 8.57. The maximum absolute atomic E-state index is 12.2. The molecule has 0 bridgehead atoms. The average Bonchev–Trinajstić information content (AvgIpc) is 2.93. The molecular formula is C19H20N6O3. The maximum atomic E-state index is 12.2. The Morgan fingerprint density at radius 2 is 1.89 bits per heavy atom. The Labute approximate surface area is 160 Å². The van der Waals surface area contributed by atoms with Gasteiger partial charge in [-0.1, -0.05) is 6.42 Å². The van der Waals surface area contributed by atoms with Crippen LogP contribution in [0, 0.1) is 0 Å². The molecule has 1 aliphatic rings. The summed E-state index contributed by atoms with van der Waals surface area (Å²) in [5.74, 6) is 1.50. The number of rotatable bonds is 4. The Kier molecular flexibility index (Phi) is 4.88. The zero-order valence-electron chi connectivity index (χ0n) is 15.2. The summed E-state index contributed by atoms with van der Waals surface area (Å²) in [6.07, 6.45) is 5.70. The maximum Gasteiger partial charge on any atom is 0.328 e. The molecule has 0 spiro atoms. The first-order valence-electron chi connectivity index (χ1n) is 9.22. The van der Waals surface area contributed by atoms with Gasteiger partial charge >= 0.3 is 5.69 Å². The van der Waals surface area contributed by atoms with Gasteiger partial charge in [-0.3, -0.25) is 19.1 Å². The Bertz CT molecular complexity index is 1110. The smallest absolute Gasteiger partial charge is 0.325 e. The van der Waals surface area contributed by atoms with E-state index < -0.39 is 11.2 Å². The number of hydrogen-bond acceptors (Lipinski definition) is 5. The molecule has 0 radical (unpaired) electrons. The third kappa shape index (κ3) is 3.78. The van der Waals surface area contributed by atoms with Crippen molar-refractivity contribution in [1.29, 1.82) is 0 Å². The van der Waals surface area contributed by atoms with Crippen LogP contribution in [0.25, 0.3) is 11.4 Å². The van der Waals surface area contributed by atoms with Crippen molar-refractivity contribution in [3.8, 4) is 11.4 Å². The number of nitrogens with zero attached hydrogens (tertiary/aromatic N) is 4. The first kappa shape index (κ1) is 17.9. The minimum atomic E-state index is -0.620. The number of H-pyrrole nitrogens is 1. The normalized spacial score (nSPS) is 13.6. The molecule has 1 amide bonds. The Morgan fingerprint density at radius 3 is 2.68 bits per heavy atom. The van der Waals surface area contributed by atoms with E-state index in [1.807, 2.05) is 12.1 Å². The fraction of sp³-hybridized carbons (Fsp3) is 0.316. The van der Waals surface area contributed by atoms with E-state index in [9.17, 15) is 14.4 Å². The van der Waals surface area contributed by atoms with Crippen molar-refractivity contribution in [2.75, 3.05) is 5.32 Å². The van der Waals surface area contributed by atoms with Crippen LogP contribution in [0.2, 0.25) is 0 Å². The lowest BCUT2D eigenvalue weighted by molar-refractivity contribution is -0.116. The van der Waals surface area contributed by atoms with Gasteiger partial charge in [0.2, 0.25) is 5.91 Å². The molecule has 28 heavy (non-hydrogen) atoms. The van der Waals surface area contributed by atoms with Crippen LogP contribution in [0.3, 0.4) is 0 Å². The number of fused-ring (bicyclic) bond motifs is 1. The minimum absolute atomic E-state index is 0.185. The molecule has 2 aromatic heterocycles. The Morgan fingerprint density at radius 1 is 1.07 bits per heavy atom. The van der Waals surface area contributed by atoms with Gasteiger partial charge in [0.05, 0.1) is 0 Å². The molecule has 0 fully saturated rings. The van der Waals surface area contributed by atoms with Crippen molar-refractivity contribution in [3.63, 3.8) is 0 Å². The highest BCUT2D eigenvalue weighted by molar-refractivity contribution is 5.90. The van der Waals surface area contributed by atoms with Gasteiger partial charge in [-0.05, 0) is 37.1 Å². The van der Waals surface area contributed by atoms with E-state index in [1.54, 1.807) is 12.1 Å². The van der Waals surface area contributed by atoms with Crippen LogP contribution in [-0.2, 0) is 24.3 Å². The molecule has 0 aliphatic carbocycles. The molecule has 3 aromatic rings. The molecule has 4 rings (SSSR count). The molecule has 2 N–H and O–H groups in total. The predicted molar refractivity (Wildman–Crippen MR) is 103 cm³/mol. The van der Waals surface area contributed by atoms with Crippen molar-refractivity contribution in [1.82, 2.24) is 24.3 Å². The van der Waals surface area contributed by atoms with Crippen molar-refractivity contribution >= 4 is 11.6 Å². The number of hydrogen-bond donors (Lipinski definition) is 2. The van der Waals surface area contributed by atoms with Gasteiger partial charge in [0, 0.05) is 36.5 Å². The molecule has 0 saturated carbocycles. The highest BCUT2D eigenvalue weighted by Gasteiger charge is 2.16. The molecule has 3 heterocycles. The lowest BCUT2D eigenvalue weighted by Gasteiger charge is -2.09. The van der Waals surface area contributed by atoms with Gasteiger partial charge in [0.1, 0.15) is 12.4 Å². The molecule has 144 valence electrons. The van der Waals surface area contributed by atoms with Crippen LogP contribution in [0.4, 0.5) is 5.69 Å². The van der Waals surface area contributed by atoms with Gasteiger partial charge < -0.3 is 9.88 Å². The molecule has 1 aromatic carbocycles. The van der Waals surface area contributed by atoms with E-state index >= 15 is 0 Å². The molecule has 9 heteroatoms. The second-order valence-electron chi connectivity index (χ2n) is 6.77. The minimum Gasteiger partial charge on any atom is -0.325 e. The molecule has 0 saturated heterocycles. The second-order valence-corrected chi connectivity index (χ2v) is 6.77. The summed E-state index contributed by atoms with van der Waals surface area (Å²) in [5.41, 5.74) is 0.437. The summed E-state index contributed by atoms with van der Waals surface area (Å²) in [4.78, 5) is 37.0. The number of aromatic amines is 1. The lowest BCUT2D eigenvalue weighted by atomic mass is 10.2. The highest BCUT2D eigenvalue weighted by atomic mass is 16.2. The number of aromatic nitrogens is 5. The van der Waals surface area contributed by atoms with Gasteiger partial charge in [-0.25, -0.2) is 4.79 Å². The van der Waals surface area contributed by atoms with Crippen molar-refractivity contribution < 1.29 is 4.79 Å². The van der Waals surface area contributed by atoms with Crippen LogP contribution in [-0.4, -0.2) is 30.2 Å². The van der Waals surface area contributed by atoms with E-state index in [-0.39, 0.29) is 12.5 Å². The van der Waals surface area contributed by atoms with Gasteiger partial charge in [0.25, 0.3) is 5.56 Å². The van der Waals surface area contributed by atoms with E-state index in [4.69, 9.17) is 0 Å². The fourth-order valence-corrected chi connectivity index (χ4v) is 3.33. The zero-order chi connectivity index (χ0) is 19.5. The summed E-state index contributed by atoms with van der Waals surface area (Å²) in [6.45, 7) is 0.735. The highest BCUT2D eigenvalue weighted by Crippen LogP contribution is 2.23. The third-order valence-electron chi connectivity index (χ3n) is 4.75. The fourth-order valence-electron chi connectivity index (χ4n) is 3.33. The SMILES string of the molecule is O=C(Cn1ccc(=O)[nH]c1=O)Nc1ccc(-c2nnc3n2CCCCC3)cc1. The molecule has 0 atom stereocenters. The van der Waals surface area contributed by atoms with Crippen LogP contribution in [0.1, 0.15) is 25.1 Å². The summed E-state index contributed by atoms with van der Waals surface area (Å²) < 4.78 is 3.31. The number of anilines is 1. The number of nitrogens with one attached hydrogen (secondary N) is 2. The number of benzene rings is 1. The molecule has 9 nitrogen and oxygen atoms in total. The van der Waals surface area contributed by atoms with Gasteiger partial charge in [-0.15, -0.1) is 10.2 Å². The summed E-state index contributed by atoms with van der Waals surface area (Å²) >= 11 is 0. The van der Waals surface area contributed by atoms with Crippen LogP contribution in [0.15, 0.2) is 46.1 Å². The van der Waals surface area contributed by atoms with Crippen LogP contribution >= 0.6 is 0 Å². The van der Waals surface area contributed by atoms with Crippen molar-refractivity contribution in [3.05, 3.63) is 63.2 Å². The van der Waals surface area contributed by atoms with Gasteiger partial charge in [-0.2, -0.15) is 0 Å². The Balaban J connectivity index is 1.46. The largest absolute Gasteiger partial charge is 0.328 e. The van der Waals surface area contributed by atoms with Gasteiger partial charge in [0.15, 0.2) is 5.82 Å². The number of aryl methyl sites for hydroxylation is 1. The first-order valence-corrected chi connectivity index (χ1v) is 9.22. The van der Waals surface area contributed by atoms with Crippen LogP contribution < -0.4 is 16.6 Å². The quantitative estimate of drug-likeness (QED) is 0.705. The lowest BCUT2D eigenvalue weighted by Crippen LogP contribution is -2.32. The summed E-state index contributed by atoms with van der Waals surface area (Å²) in [7, 11) is 0. The van der Waals surface area contributed by atoms with Crippen molar-refractivity contribution in [2.45, 2.75) is 38.8 Å². The second kappa shape index (κ2) is 7.63. The first-order chi connectivity index (χ1) is 13.6. The Hall–Kier alpha value is -3.49. The van der Waals surface area contributed by atoms with Crippen molar-refractivity contribution in [2.24, 2.45) is 0 Å². The molecular weight excluding hydrogens is 360 g/mol. The van der Waals surface area contributed by atoms with E-state index in [0.717, 1.165) is 47.6 Å². The van der Waals surface area contributed by atoms with Crippen LogP contribution in [0.5, 0.6) is 0 Å². The van der Waals surface area contributed by atoms with E-state index in [0.29, 0.717) is 5.69 Å².